The van der Waals surface area contributed by atoms with Crippen molar-refractivity contribution >= 4 is 40.3 Å². The van der Waals surface area contributed by atoms with Crippen LogP contribution < -0.4 is 20.8 Å². The molecule has 0 unspecified atom stereocenters. The molecule has 2 heterocycles. The summed E-state index contributed by atoms with van der Waals surface area (Å²) in [5.74, 6) is -1.12. The fraction of sp³-hybridized carbons (Fsp3) is 0.500. The van der Waals surface area contributed by atoms with Gasteiger partial charge in [0.05, 0.1) is 17.9 Å². The van der Waals surface area contributed by atoms with Crippen molar-refractivity contribution in [3.8, 4) is 11.5 Å². The van der Waals surface area contributed by atoms with Gasteiger partial charge in [0.15, 0.2) is 22.7 Å². The molecule has 3 amide bonds. The number of amides is 3. The molecule has 1 aliphatic carbocycles. The van der Waals surface area contributed by atoms with Crippen LogP contribution in [-0.2, 0) is 16.0 Å². The molecule has 1 saturated heterocycles. The minimum atomic E-state index is -0.982. The summed E-state index contributed by atoms with van der Waals surface area (Å²) in [6.07, 6.45) is 6.65. The fourth-order valence-corrected chi connectivity index (χ4v) is 7.15. The Hall–Kier alpha value is -4.05. The van der Waals surface area contributed by atoms with Gasteiger partial charge in [-0.15, -0.1) is 0 Å². The number of methoxy groups -OCH3 is 1. The Morgan fingerprint density at radius 3 is 2.34 bits per heavy atom. The van der Waals surface area contributed by atoms with E-state index in [-0.39, 0.29) is 57.9 Å². The van der Waals surface area contributed by atoms with Gasteiger partial charge in [-0.2, -0.15) is 0 Å². The molecule has 5 rings (SSSR count). The summed E-state index contributed by atoms with van der Waals surface area (Å²) >= 11 is 6.10. The molecule has 0 radical (unpaired) electrons. The third kappa shape index (κ3) is 7.75. The van der Waals surface area contributed by atoms with E-state index in [1.54, 1.807) is 29.2 Å². The molecule has 2 fully saturated rings. The zero-order chi connectivity index (χ0) is 33.9. The molecule has 0 bridgehead atoms. The number of phenolic OH excluding ortho intramolecular Hbond substituents is 1. The maximum atomic E-state index is 14.2. The standard InChI is InChI=1S/C36H44ClN3O7/c1-35(2,3)39-34(45)36(23-8-6-5-7-9-23)14-16-40(17-15-36)33(44)26(18-22-10-12-24(37)13-11-22)38-32(43)31-20-27(41)25-19-28(42)30(46-4)21-29(25)47-31/h10-13,19-21,23,26,42H,5-9,14-18H2,1-4H3,(H,38,43)(H,39,45)/t26-/m1/s1. The van der Waals surface area contributed by atoms with Gasteiger partial charge in [-0.3, -0.25) is 19.2 Å². The lowest BCUT2D eigenvalue weighted by Crippen LogP contribution is -2.59. The number of nitrogens with zero attached hydrogens (tertiary/aromatic N) is 1. The molecule has 3 aromatic rings. The van der Waals surface area contributed by atoms with E-state index >= 15 is 0 Å². The maximum absolute atomic E-state index is 14.2. The monoisotopic (exact) mass is 665 g/mol. The largest absolute Gasteiger partial charge is 0.504 e. The summed E-state index contributed by atoms with van der Waals surface area (Å²) in [5.41, 5.74) is -0.613. The molecule has 11 heteroatoms. The number of hydrogen-bond acceptors (Lipinski definition) is 7. The van der Waals surface area contributed by atoms with Crippen molar-refractivity contribution < 1.29 is 28.6 Å². The summed E-state index contributed by atoms with van der Waals surface area (Å²) in [6.45, 7) is 6.73. The van der Waals surface area contributed by atoms with Crippen LogP contribution in [0.5, 0.6) is 11.5 Å². The van der Waals surface area contributed by atoms with Crippen molar-refractivity contribution in [1.82, 2.24) is 15.5 Å². The lowest BCUT2D eigenvalue weighted by Gasteiger charge is -2.48. The summed E-state index contributed by atoms with van der Waals surface area (Å²) in [6, 6.07) is 9.65. The predicted molar refractivity (Wildman–Crippen MR) is 180 cm³/mol. The van der Waals surface area contributed by atoms with Crippen molar-refractivity contribution in [3.63, 3.8) is 0 Å². The molecule has 1 atom stereocenters. The number of aromatic hydroxyl groups is 1. The van der Waals surface area contributed by atoms with E-state index in [9.17, 15) is 24.3 Å². The second-order valence-corrected chi connectivity index (χ2v) is 14.3. The van der Waals surface area contributed by atoms with Crippen LogP contribution in [0, 0.1) is 11.3 Å². The maximum Gasteiger partial charge on any atom is 0.287 e. The number of piperidine rings is 1. The Bertz CT molecular complexity index is 1680. The topological polar surface area (TPSA) is 138 Å². The number of ether oxygens (including phenoxy) is 1. The van der Waals surface area contributed by atoms with E-state index in [0.717, 1.165) is 37.3 Å². The lowest BCUT2D eigenvalue weighted by atomic mass is 9.63. The minimum absolute atomic E-state index is 0.0569. The first-order chi connectivity index (χ1) is 22.3. The van der Waals surface area contributed by atoms with Crippen LogP contribution in [0.3, 0.4) is 0 Å². The zero-order valence-electron chi connectivity index (χ0n) is 27.5. The van der Waals surface area contributed by atoms with E-state index < -0.39 is 22.8 Å². The average Bonchev–Trinajstić information content (AvgIpc) is 3.04. The van der Waals surface area contributed by atoms with Crippen molar-refractivity contribution in [1.29, 1.82) is 0 Å². The van der Waals surface area contributed by atoms with Crippen molar-refractivity contribution in [2.45, 2.75) is 83.7 Å². The van der Waals surface area contributed by atoms with Crippen LogP contribution in [-0.4, -0.2) is 59.5 Å². The molecule has 0 spiro atoms. The van der Waals surface area contributed by atoms with Gasteiger partial charge in [-0.1, -0.05) is 43.0 Å². The van der Waals surface area contributed by atoms with Gasteiger partial charge in [-0.05, 0) is 76.1 Å². The van der Waals surface area contributed by atoms with E-state index in [4.69, 9.17) is 20.8 Å². The van der Waals surface area contributed by atoms with Crippen LogP contribution in [0.15, 0.2) is 51.7 Å². The summed E-state index contributed by atoms with van der Waals surface area (Å²) in [7, 11) is 1.36. The number of benzene rings is 2. The van der Waals surface area contributed by atoms with Crippen LogP contribution in [0.4, 0.5) is 0 Å². The number of hydrogen-bond donors (Lipinski definition) is 3. The Balaban J connectivity index is 1.39. The van der Waals surface area contributed by atoms with E-state index in [0.29, 0.717) is 31.0 Å². The number of nitrogens with one attached hydrogen (secondary N) is 2. The third-order valence-corrected chi connectivity index (χ3v) is 9.76. The number of carbonyl (C=O) groups excluding carboxylic acids is 3. The molecule has 1 saturated carbocycles. The first-order valence-electron chi connectivity index (χ1n) is 16.3. The van der Waals surface area contributed by atoms with Crippen LogP contribution in [0.2, 0.25) is 5.02 Å². The van der Waals surface area contributed by atoms with Gasteiger partial charge >= 0.3 is 0 Å². The minimum Gasteiger partial charge on any atom is -0.504 e. The Labute approximate surface area is 279 Å². The van der Waals surface area contributed by atoms with Gasteiger partial charge in [0.2, 0.25) is 11.8 Å². The first kappa shape index (κ1) is 34.3. The number of likely N-dealkylation sites (tertiary alicyclic amines) is 1. The molecule has 2 aromatic carbocycles. The number of rotatable bonds is 8. The van der Waals surface area contributed by atoms with E-state index in [1.807, 2.05) is 20.8 Å². The van der Waals surface area contributed by atoms with Crippen molar-refractivity contribution in [2.24, 2.45) is 11.3 Å². The molecular weight excluding hydrogens is 622 g/mol. The number of halogens is 1. The van der Waals surface area contributed by atoms with Gasteiger partial charge in [0, 0.05) is 42.2 Å². The quantitative estimate of drug-likeness (QED) is 0.285. The zero-order valence-corrected chi connectivity index (χ0v) is 28.2. The Morgan fingerprint density at radius 2 is 1.72 bits per heavy atom. The van der Waals surface area contributed by atoms with E-state index in [1.165, 1.54) is 25.7 Å². The predicted octanol–water partition coefficient (Wildman–Crippen LogP) is 5.61. The fourth-order valence-electron chi connectivity index (χ4n) is 7.02. The van der Waals surface area contributed by atoms with Crippen molar-refractivity contribution in [3.05, 3.63) is 69.0 Å². The first-order valence-corrected chi connectivity index (χ1v) is 16.7. The second-order valence-electron chi connectivity index (χ2n) is 13.9. The average molecular weight is 666 g/mol. The molecule has 47 heavy (non-hydrogen) atoms. The van der Waals surface area contributed by atoms with Crippen LogP contribution in [0.25, 0.3) is 11.0 Å². The highest BCUT2D eigenvalue weighted by Gasteiger charge is 2.49. The van der Waals surface area contributed by atoms with Crippen LogP contribution >= 0.6 is 11.6 Å². The van der Waals surface area contributed by atoms with E-state index in [2.05, 4.69) is 10.6 Å². The molecule has 10 nitrogen and oxygen atoms in total. The lowest BCUT2D eigenvalue weighted by molar-refractivity contribution is -0.147. The Morgan fingerprint density at radius 1 is 1.06 bits per heavy atom. The molecule has 1 aliphatic heterocycles. The molecular formula is C36H44ClN3O7. The van der Waals surface area contributed by atoms with Crippen LogP contribution in [0.1, 0.15) is 81.8 Å². The third-order valence-electron chi connectivity index (χ3n) is 9.50. The van der Waals surface area contributed by atoms with Gasteiger partial charge < -0.3 is 29.8 Å². The molecule has 1 aromatic heterocycles. The number of carbonyl (C=O) groups is 3. The molecule has 252 valence electrons. The van der Waals surface area contributed by atoms with Gasteiger partial charge in [-0.25, -0.2) is 0 Å². The molecule has 3 N–H and O–H groups in total. The molecule has 2 aliphatic rings. The summed E-state index contributed by atoms with van der Waals surface area (Å²) in [5, 5.41) is 16.8. The highest BCUT2D eigenvalue weighted by Crippen LogP contribution is 2.46. The van der Waals surface area contributed by atoms with Gasteiger partial charge in [0.25, 0.3) is 5.91 Å². The van der Waals surface area contributed by atoms with Crippen molar-refractivity contribution in [2.75, 3.05) is 20.2 Å². The number of phenols is 1. The number of fused-ring (bicyclic) bond motifs is 1. The summed E-state index contributed by atoms with van der Waals surface area (Å²) in [4.78, 5) is 56.2. The highest BCUT2D eigenvalue weighted by molar-refractivity contribution is 6.30. The second kappa shape index (κ2) is 14.0. The van der Waals surface area contributed by atoms with Gasteiger partial charge in [0.1, 0.15) is 11.6 Å². The smallest absolute Gasteiger partial charge is 0.287 e. The summed E-state index contributed by atoms with van der Waals surface area (Å²) < 4.78 is 10.9. The Kier molecular flexibility index (Phi) is 10.2. The highest BCUT2D eigenvalue weighted by atomic mass is 35.5. The SMILES string of the molecule is COc1cc2oc(C(=O)N[C@H](Cc3ccc(Cl)cc3)C(=O)N3CCC(C(=O)NC(C)(C)C)(C4CCCCC4)CC3)cc(=O)c2cc1O. The normalized spacial score (nSPS) is 17.6.